The van der Waals surface area contributed by atoms with Crippen LogP contribution in [0.15, 0.2) is 36.7 Å². The first-order chi connectivity index (χ1) is 7.16. The second-order valence-electron chi connectivity index (χ2n) is 3.06. The Hall–Kier alpha value is -1.61. The van der Waals surface area contributed by atoms with Gasteiger partial charge in [0, 0.05) is 17.3 Å². The summed E-state index contributed by atoms with van der Waals surface area (Å²) >= 11 is 5.87. The van der Waals surface area contributed by atoms with Crippen molar-refractivity contribution < 1.29 is 9.50 Å². The van der Waals surface area contributed by atoms with Gasteiger partial charge < -0.3 is 5.11 Å². The molecular weight excluding hydrogens is 217 g/mol. The molecule has 0 radical (unpaired) electrons. The van der Waals surface area contributed by atoms with Crippen molar-refractivity contribution in [2.45, 2.75) is 0 Å². The minimum absolute atomic E-state index is 0.0490. The van der Waals surface area contributed by atoms with Crippen LogP contribution in [0, 0.1) is 5.82 Å². The van der Waals surface area contributed by atoms with Crippen molar-refractivity contribution >= 4 is 11.6 Å². The van der Waals surface area contributed by atoms with Crippen LogP contribution in [0.3, 0.4) is 0 Å². The van der Waals surface area contributed by atoms with Crippen LogP contribution in [-0.2, 0) is 0 Å². The Morgan fingerprint density at radius 3 is 2.67 bits per heavy atom. The van der Waals surface area contributed by atoms with Crippen LogP contribution >= 0.6 is 11.6 Å². The highest BCUT2D eigenvalue weighted by Crippen LogP contribution is 2.29. The summed E-state index contributed by atoms with van der Waals surface area (Å²) in [7, 11) is 0. The number of nitrogens with zero attached hydrogens (tertiary/aromatic N) is 1. The number of aromatic nitrogens is 1. The van der Waals surface area contributed by atoms with E-state index in [0.717, 1.165) is 0 Å². The SMILES string of the molecule is Oc1cncc(-c2ccc(F)cc2Cl)c1. The Balaban J connectivity index is 2.54. The van der Waals surface area contributed by atoms with Crippen molar-refractivity contribution in [2.24, 2.45) is 0 Å². The standard InChI is InChI=1S/C11H7ClFNO/c12-11-4-8(13)1-2-10(11)7-3-9(15)6-14-5-7/h1-6,15H. The van der Waals surface area contributed by atoms with E-state index in [9.17, 15) is 9.50 Å². The molecule has 0 aliphatic rings. The summed E-state index contributed by atoms with van der Waals surface area (Å²) in [5.41, 5.74) is 1.29. The monoisotopic (exact) mass is 223 g/mol. The molecule has 0 aliphatic heterocycles. The first kappa shape index (κ1) is 9.93. The third-order valence-electron chi connectivity index (χ3n) is 1.97. The Kier molecular flexibility index (Phi) is 2.56. The van der Waals surface area contributed by atoms with Gasteiger partial charge in [-0.3, -0.25) is 4.98 Å². The number of hydrogen-bond donors (Lipinski definition) is 1. The second kappa shape index (κ2) is 3.87. The second-order valence-corrected chi connectivity index (χ2v) is 3.46. The number of aromatic hydroxyl groups is 1. The van der Waals surface area contributed by atoms with E-state index >= 15 is 0 Å². The van der Waals surface area contributed by atoms with Gasteiger partial charge in [-0.1, -0.05) is 11.6 Å². The van der Waals surface area contributed by atoms with Crippen molar-refractivity contribution in [1.82, 2.24) is 4.98 Å². The number of halogens is 2. The van der Waals surface area contributed by atoms with E-state index in [4.69, 9.17) is 11.6 Å². The van der Waals surface area contributed by atoms with Gasteiger partial charge in [-0.05, 0) is 24.3 Å². The van der Waals surface area contributed by atoms with Gasteiger partial charge in [0.1, 0.15) is 11.6 Å². The molecular formula is C11H7ClFNO. The minimum Gasteiger partial charge on any atom is -0.506 e. The quantitative estimate of drug-likeness (QED) is 0.805. The first-order valence-electron chi connectivity index (χ1n) is 4.26. The van der Waals surface area contributed by atoms with Crippen LogP contribution in [0.4, 0.5) is 4.39 Å². The van der Waals surface area contributed by atoms with Gasteiger partial charge in [0.15, 0.2) is 0 Å². The third kappa shape index (κ3) is 2.07. The average molecular weight is 224 g/mol. The van der Waals surface area contributed by atoms with E-state index in [2.05, 4.69) is 4.98 Å². The molecule has 0 unspecified atom stereocenters. The van der Waals surface area contributed by atoms with Crippen LogP contribution in [-0.4, -0.2) is 10.1 Å². The summed E-state index contributed by atoms with van der Waals surface area (Å²) in [5.74, 6) is -0.343. The van der Waals surface area contributed by atoms with E-state index in [1.807, 2.05) is 0 Å². The molecule has 2 rings (SSSR count). The lowest BCUT2D eigenvalue weighted by atomic mass is 10.1. The molecule has 0 bridgehead atoms. The summed E-state index contributed by atoms with van der Waals surface area (Å²) in [6.45, 7) is 0. The highest BCUT2D eigenvalue weighted by atomic mass is 35.5. The molecule has 1 aromatic carbocycles. The molecule has 0 saturated heterocycles. The molecule has 4 heteroatoms. The predicted octanol–water partition coefficient (Wildman–Crippen LogP) is 3.25. The zero-order valence-electron chi connectivity index (χ0n) is 7.61. The molecule has 2 aromatic rings. The molecule has 76 valence electrons. The molecule has 1 heterocycles. The summed E-state index contributed by atoms with van der Waals surface area (Å²) in [5, 5.41) is 9.53. The smallest absolute Gasteiger partial charge is 0.134 e. The van der Waals surface area contributed by atoms with Gasteiger partial charge in [-0.25, -0.2) is 4.39 Å². The van der Waals surface area contributed by atoms with Crippen LogP contribution in [0.25, 0.3) is 11.1 Å². The van der Waals surface area contributed by atoms with Crippen LogP contribution in [0.1, 0.15) is 0 Å². The van der Waals surface area contributed by atoms with Crippen molar-refractivity contribution in [1.29, 1.82) is 0 Å². The van der Waals surface area contributed by atoms with Crippen LogP contribution in [0.2, 0.25) is 5.02 Å². The number of benzene rings is 1. The largest absolute Gasteiger partial charge is 0.506 e. The summed E-state index contributed by atoms with van der Waals surface area (Å²) in [6, 6.07) is 5.60. The predicted molar refractivity (Wildman–Crippen MR) is 56.3 cm³/mol. The molecule has 15 heavy (non-hydrogen) atoms. The topological polar surface area (TPSA) is 33.1 Å². The van der Waals surface area contributed by atoms with E-state index in [0.29, 0.717) is 16.1 Å². The van der Waals surface area contributed by atoms with Crippen molar-refractivity contribution in [3.63, 3.8) is 0 Å². The normalized spacial score (nSPS) is 10.3. The third-order valence-corrected chi connectivity index (χ3v) is 2.28. The highest BCUT2D eigenvalue weighted by Gasteiger charge is 2.05. The maximum absolute atomic E-state index is 12.8. The Labute approximate surface area is 91.0 Å². The van der Waals surface area contributed by atoms with E-state index in [1.165, 1.54) is 24.4 Å². The van der Waals surface area contributed by atoms with E-state index in [1.54, 1.807) is 12.3 Å². The Bertz CT molecular complexity index is 502. The first-order valence-corrected chi connectivity index (χ1v) is 4.64. The van der Waals surface area contributed by atoms with E-state index in [-0.39, 0.29) is 5.75 Å². The fourth-order valence-corrected chi connectivity index (χ4v) is 1.58. The molecule has 1 N–H and O–H groups in total. The number of hydrogen-bond acceptors (Lipinski definition) is 2. The average Bonchev–Trinajstić information content (AvgIpc) is 2.17. The lowest BCUT2D eigenvalue weighted by molar-refractivity contribution is 0.473. The minimum atomic E-state index is -0.392. The maximum atomic E-state index is 12.8. The van der Waals surface area contributed by atoms with Gasteiger partial charge in [0.05, 0.1) is 11.2 Å². The van der Waals surface area contributed by atoms with Crippen molar-refractivity contribution in [3.8, 4) is 16.9 Å². The number of rotatable bonds is 1. The molecule has 0 saturated carbocycles. The zero-order valence-corrected chi connectivity index (χ0v) is 8.37. The Morgan fingerprint density at radius 2 is 2.00 bits per heavy atom. The molecule has 1 aromatic heterocycles. The summed E-state index contributed by atoms with van der Waals surface area (Å²) < 4.78 is 12.8. The van der Waals surface area contributed by atoms with Crippen LogP contribution in [0.5, 0.6) is 5.75 Å². The fraction of sp³-hybridized carbons (Fsp3) is 0. The maximum Gasteiger partial charge on any atom is 0.134 e. The van der Waals surface area contributed by atoms with Gasteiger partial charge in [-0.15, -0.1) is 0 Å². The molecule has 0 atom stereocenters. The number of pyridine rings is 1. The van der Waals surface area contributed by atoms with Gasteiger partial charge in [-0.2, -0.15) is 0 Å². The summed E-state index contributed by atoms with van der Waals surface area (Å²) in [6.07, 6.45) is 2.87. The fourth-order valence-electron chi connectivity index (χ4n) is 1.30. The lowest BCUT2D eigenvalue weighted by Crippen LogP contribution is -1.83. The molecule has 0 fully saturated rings. The van der Waals surface area contributed by atoms with E-state index < -0.39 is 5.82 Å². The highest BCUT2D eigenvalue weighted by molar-refractivity contribution is 6.33. The zero-order chi connectivity index (χ0) is 10.8. The Morgan fingerprint density at radius 1 is 1.20 bits per heavy atom. The molecule has 0 aliphatic carbocycles. The molecule has 0 spiro atoms. The van der Waals surface area contributed by atoms with Gasteiger partial charge >= 0.3 is 0 Å². The van der Waals surface area contributed by atoms with Crippen molar-refractivity contribution in [2.75, 3.05) is 0 Å². The van der Waals surface area contributed by atoms with Crippen LogP contribution < -0.4 is 0 Å². The van der Waals surface area contributed by atoms with Gasteiger partial charge in [0.25, 0.3) is 0 Å². The molecule has 0 amide bonds. The van der Waals surface area contributed by atoms with Gasteiger partial charge in [0.2, 0.25) is 0 Å². The molecule has 2 nitrogen and oxygen atoms in total. The summed E-state index contributed by atoms with van der Waals surface area (Å²) in [4.78, 5) is 3.82. The lowest BCUT2D eigenvalue weighted by Gasteiger charge is -2.04. The van der Waals surface area contributed by atoms with Crippen molar-refractivity contribution in [3.05, 3.63) is 47.5 Å².